The van der Waals surface area contributed by atoms with Crippen LogP contribution in [0, 0.1) is 0 Å². The van der Waals surface area contributed by atoms with Gasteiger partial charge in [-0.1, -0.05) is 15.9 Å². The summed E-state index contributed by atoms with van der Waals surface area (Å²) in [6.07, 6.45) is 2.47. The molecule has 0 atom stereocenters. The molecule has 1 aromatic carbocycles. The molecule has 1 saturated heterocycles. The van der Waals surface area contributed by atoms with Crippen LogP contribution in [0.4, 0.5) is 0 Å². The zero-order valence-electron chi connectivity index (χ0n) is 11.1. The molecule has 0 unspecified atom stereocenters. The molecule has 1 aliphatic rings. The molecule has 0 aliphatic carbocycles. The average molecular weight is 313 g/mol. The minimum atomic E-state index is 0.638. The van der Waals surface area contributed by atoms with Crippen LogP contribution in [-0.4, -0.2) is 38.2 Å². The van der Waals surface area contributed by atoms with E-state index in [-0.39, 0.29) is 0 Å². The first-order chi connectivity index (χ1) is 8.69. The Morgan fingerprint density at radius 3 is 2.78 bits per heavy atom. The van der Waals surface area contributed by atoms with Crippen molar-refractivity contribution in [2.45, 2.75) is 25.4 Å². The first-order valence-corrected chi connectivity index (χ1v) is 7.22. The van der Waals surface area contributed by atoms with Crippen molar-refractivity contribution in [3.8, 4) is 5.75 Å². The van der Waals surface area contributed by atoms with Gasteiger partial charge in [-0.15, -0.1) is 0 Å². The number of rotatable bonds is 4. The second kappa shape index (κ2) is 6.55. The zero-order chi connectivity index (χ0) is 13.0. The fourth-order valence-corrected chi connectivity index (χ4v) is 2.67. The molecule has 18 heavy (non-hydrogen) atoms. The molecule has 3 nitrogen and oxygen atoms in total. The molecule has 1 heterocycles. The SMILES string of the molecule is COc1ccc(Br)c(CNC2CCN(C)CC2)c1. The first-order valence-electron chi connectivity index (χ1n) is 6.43. The van der Waals surface area contributed by atoms with E-state index in [1.807, 2.05) is 12.1 Å². The average Bonchev–Trinajstić information content (AvgIpc) is 2.40. The van der Waals surface area contributed by atoms with Gasteiger partial charge in [0.15, 0.2) is 0 Å². The lowest BCUT2D eigenvalue weighted by atomic mass is 10.1. The van der Waals surface area contributed by atoms with E-state index in [1.54, 1.807) is 7.11 Å². The van der Waals surface area contributed by atoms with Crippen LogP contribution in [0.1, 0.15) is 18.4 Å². The number of benzene rings is 1. The third-order valence-corrected chi connectivity index (χ3v) is 4.33. The standard InChI is InChI=1S/C14H21BrN2O/c1-17-7-5-12(6-8-17)16-10-11-9-13(18-2)3-4-14(11)15/h3-4,9,12,16H,5-8,10H2,1-2H3. The fourth-order valence-electron chi connectivity index (χ4n) is 2.28. The Kier molecular flexibility index (Phi) is 5.03. The van der Waals surface area contributed by atoms with E-state index >= 15 is 0 Å². The Hall–Kier alpha value is -0.580. The molecule has 0 spiro atoms. The number of nitrogens with one attached hydrogen (secondary N) is 1. The molecule has 1 aromatic rings. The van der Waals surface area contributed by atoms with Crippen LogP contribution >= 0.6 is 15.9 Å². The fraction of sp³-hybridized carbons (Fsp3) is 0.571. The van der Waals surface area contributed by atoms with E-state index in [0.717, 1.165) is 16.8 Å². The number of nitrogens with zero attached hydrogens (tertiary/aromatic N) is 1. The summed E-state index contributed by atoms with van der Waals surface area (Å²) >= 11 is 3.59. The minimum Gasteiger partial charge on any atom is -0.497 e. The molecular weight excluding hydrogens is 292 g/mol. The number of methoxy groups -OCH3 is 1. The summed E-state index contributed by atoms with van der Waals surface area (Å²) in [4.78, 5) is 2.39. The maximum absolute atomic E-state index is 5.26. The van der Waals surface area contributed by atoms with E-state index in [9.17, 15) is 0 Å². The Morgan fingerprint density at radius 2 is 2.11 bits per heavy atom. The van der Waals surface area contributed by atoms with Gasteiger partial charge in [-0.25, -0.2) is 0 Å². The smallest absolute Gasteiger partial charge is 0.119 e. The van der Waals surface area contributed by atoms with Crippen LogP contribution in [0.3, 0.4) is 0 Å². The lowest BCUT2D eigenvalue weighted by Crippen LogP contribution is -2.40. The Labute approximate surface area is 118 Å². The minimum absolute atomic E-state index is 0.638. The normalized spacial score (nSPS) is 17.9. The van der Waals surface area contributed by atoms with Gasteiger partial charge in [0.05, 0.1) is 7.11 Å². The maximum atomic E-state index is 5.26. The van der Waals surface area contributed by atoms with Gasteiger partial charge in [0.2, 0.25) is 0 Å². The van der Waals surface area contributed by atoms with Crippen molar-refractivity contribution in [2.24, 2.45) is 0 Å². The molecule has 0 radical (unpaired) electrons. The topological polar surface area (TPSA) is 24.5 Å². The summed E-state index contributed by atoms with van der Waals surface area (Å²) in [6, 6.07) is 6.75. The highest BCUT2D eigenvalue weighted by atomic mass is 79.9. The molecule has 4 heteroatoms. The van der Waals surface area contributed by atoms with Crippen LogP contribution < -0.4 is 10.1 Å². The van der Waals surface area contributed by atoms with Crippen LogP contribution in [0.2, 0.25) is 0 Å². The Balaban J connectivity index is 1.89. The van der Waals surface area contributed by atoms with Gasteiger partial charge < -0.3 is 15.0 Å². The van der Waals surface area contributed by atoms with E-state index in [0.29, 0.717) is 6.04 Å². The summed E-state index contributed by atoms with van der Waals surface area (Å²) in [5, 5.41) is 3.64. The van der Waals surface area contributed by atoms with Gasteiger partial charge >= 0.3 is 0 Å². The summed E-state index contributed by atoms with van der Waals surface area (Å²) in [6.45, 7) is 3.28. The van der Waals surface area contributed by atoms with E-state index < -0.39 is 0 Å². The first kappa shape index (κ1) is 13.8. The molecule has 1 aliphatic heterocycles. The quantitative estimate of drug-likeness (QED) is 0.925. The molecule has 0 amide bonds. The van der Waals surface area contributed by atoms with Gasteiger partial charge in [0.25, 0.3) is 0 Å². The lowest BCUT2D eigenvalue weighted by molar-refractivity contribution is 0.234. The van der Waals surface area contributed by atoms with Crippen LogP contribution in [-0.2, 0) is 6.54 Å². The molecule has 1 N–H and O–H groups in total. The monoisotopic (exact) mass is 312 g/mol. The van der Waals surface area contributed by atoms with Gasteiger partial charge in [-0.2, -0.15) is 0 Å². The van der Waals surface area contributed by atoms with Gasteiger partial charge in [0.1, 0.15) is 5.75 Å². The zero-order valence-corrected chi connectivity index (χ0v) is 12.7. The van der Waals surface area contributed by atoms with Crippen molar-refractivity contribution < 1.29 is 4.74 Å². The van der Waals surface area contributed by atoms with Crippen LogP contribution in [0.15, 0.2) is 22.7 Å². The summed E-state index contributed by atoms with van der Waals surface area (Å²) in [5.41, 5.74) is 1.26. The largest absolute Gasteiger partial charge is 0.497 e. The van der Waals surface area contributed by atoms with Gasteiger partial charge in [0, 0.05) is 17.1 Å². The molecule has 1 fully saturated rings. The van der Waals surface area contributed by atoms with Crippen molar-refractivity contribution in [2.75, 3.05) is 27.2 Å². The van der Waals surface area contributed by atoms with E-state index in [2.05, 4.69) is 39.3 Å². The van der Waals surface area contributed by atoms with Gasteiger partial charge in [-0.3, -0.25) is 0 Å². The van der Waals surface area contributed by atoms with Crippen LogP contribution in [0.5, 0.6) is 5.75 Å². The second-order valence-corrected chi connectivity index (χ2v) is 5.77. The van der Waals surface area contributed by atoms with E-state index in [4.69, 9.17) is 4.74 Å². The third-order valence-electron chi connectivity index (χ3n) is 3.55. The highest BCUT2D eigenvalue weighted by Crippen LogP contribution is 2.22. The molecule has 0 aromatic heterocycles. The summed E-state index contributed by atoms with van der Waals surface area (Å²) in [7, 11) is 3.90. The Bertz CT molecular complexity index is 389. The summed E-state index contributed by atoms with van der Waals surface area (Å²) in [5.74, 6) is 0.915. The van der Waals surface area contributed by atoms with Gasteiger partial charge in [-0.05, 0) is 56.7 Å². The van der Waals surface area contributed by atoms with Crippen molar-refractivity contribution in [1.29, 1.82) is 0 Å². The highest BCUT2D eigenvalue weighted by Gasteiger charge is 2.16. The molecule has 0 bridgehead atoms. The van der Waals surface area contributed by atoms with Crippen LogP contribution in [0.25, 0.3) is 0 Å². The van der Waals surface area contributed by atoms with Crippen molar-refractivity contribution >= 4 is 15.9 Å². The molecule has 2 rings (SSSR count). The third kappa shape index (κ3) is 3.70. The highest BCUT2D eigenvalue weighted by molar-refractivity contribution is 9.10. The number of halogens is 1. The number of hydrogen-bond donors (Lipinski definition) is 1. The van der Waals surface area contributed by atoms with Crippen molar-refractivity contribution in [3.63, 3.8) is 0 Å². The van der Waals surface area contributed by atoms with Crippen molar-refractivity contribution in [1.82, 2.24) is 10.2 Å². The second-order valence-electron chi connectivity index (χ2n) is 4.92. The number of hydrogen-bond acceptors (Lipinski definition) is 3. The van der Waals surface area contributed by atoms with E-state index in [1.165, 1.54) is 31.5 Å². The van der Waals surface area contributed by atoms with Crippen molar-refractivity contribution in [3.05, 3.63) is 28.2 Å². The number of ether oxygens (including phenoxy) is 1. The number of piperidine rings is 1. The molecular formula is C14H21BrN2O. The Morgan fingerprint density at radius 1 is 1.39 bits per heavy atom. The molecule has 0 saturated carbocycles. The predicted octanol–water partition coefficient (Wildman–Crippen LogP) is 2.64. The lowest BCUT2D eigenvalue weighted by Gasteiger charge is -2.29. The summed E-state index contributed by atoms with van der Waals surface area (Å²) < 4.78 is 6.40. The molecule has 100 valence electrons. The number of likely N-dealkylation sites (tertiary alicyclic amines) is 1. The maximum Gasteiger partial charge on any atom is 0.119 e. The predicted molar refractivity (Wildman–Crippen MR) is 78.1 cm³/mol.